The highest BCUT2D eigenvalue weighted by atomic mass is 19.4. The first kappa shape index (κ1) is 11.4. The third-order valence-electron chi connectivity index (χ3n) is 2.09. The summed E-state index contributed by atoms with van der Waals surface area (Å²) in [5.41, 5.74) is -1.45. The number of halogens is 3. The molecule has 3 nitrogen and oxygen atoms in total. The quantitative estimate of drug-likeness (QED) is 0.766. The summed E-state index contributed by atoms with van der Waals surface area (Å²) in [6, 6.07) is 7.72. The number of alkyl halides is 3. The second kappa shape index (κ2) is 4.04. The molecule has 0 amide bonds. The zero-order chi connectivity index (χ0) is 12.5. The van der Waals surface area contributed by atoms with Crippen molar-refractivity contribution in [3.63, 3.8) is 0 Å². The van der Waals surface area contributed by atoms with Gasteiger partial charge in [0.05, 0.1) is 0 Å². The van der Waals surface area contributed by atoms with E-state index in [2.05, 4.69) is 4.98 Å². The van der Waals surface area contributed by atoms with E-state index in [1.165, 1.54) is 30.5 Å². The third kappa shape index (κ3) is 2.35. The number of nitrogens with zero attached hydrogens (tertiary/aromatic N) is 2. The molecule has 0 spiro atoms. The van der Waals surface area contributed by atoms with Crippen molar-refractivity contribution in [1.82, 2.24) is 9.55 Å². The molecule has 88 valence electrons. The Morgan fingerprint density at radius 2 is 1.82 bits per heavy atom. The van der Waals surface area contributed by atoms with Crippen molar-refractivity contribution in [2.45, 2.75) is 6.18 Å². The molecule has 0 aliphatic carbocycles. The number of aromatic nitrogens is 2. The molecule has 0 aliphatic heterocycles. The summed E-state index contributed by atoms with van der Waals surface area (Å²) in [6.45, 7) is 0. The standard InChI is InChI=1S/C11H7F3N2O/c12-11(13,14)8-4-3-5-9(15-8)16-7-2-1-6-10(16)17/h1-7H. The van der Waals surface area contributed by atoms with Gasteiger partial charge in [-0.05, 0) is 18.2 Å². The zero-order valence-corrected chi connectivity index (χ0v) is 8.48. The van der Waals surface area contributed by atoms with E-state index in [0.717, 1.165) is 10.6 Å². The molecular weight excluding hydrogens is 233 g/mol. The van der Waals surface area contributed by atoms with Gasteiger partial charge in [0.15, 0.2) is 0 Å². The maximum absolute atomic E-state index is 12.4. The van der Waals surface area contributed by atoms with Gasteiger partial charge in [-0.1, -0.05) is 12.1 Å². The van der Waals surface area contributed by atoms with Crippen molar-refractivity contribution in [3.05, 3.63) is 58.6 Å². The van der Waals surface area contributed by atoms with Crippen LogP contribution in [0.1, 0.15) is 5.69 Å². The summed E-state index contributed by atoms with van der Waals surface area (Å²) >= 11 is 0. The molecule has 0 aromatic carbocycles. The highest BCUT2D eigenvalue weighted by molar-refractivity contribution is 5.26. The van der Waals surface area contributed by atoms with Crippen molar-refractivity contribution in [2.75, 3.05) is 0 Å². The predicted molar refractivity (Wildman–Crippen MR) is 54.8 cm³/mol. The monoisotopic (exact) mass is 240 g/mol. The van der Waals surface area contributed by atoms with Crippen LogP contribution in [0, 0.1) is 0 Å². The van der Waals surface area contributed by atoms with Crippen LogP contribution in [0.2, 0.25) is 0 Å². The Hall–Kier alpha value is -2.11. The van der Waals surface area contributed by atoms with Gasteiger partial charge in [-0.3, -0.25) is 9.36 Å². The molecule has 0 atom stereocenters. The molecule has 0 N–H and O–H groups in total. The lowest BCUT2D eigenvalue weighted by Gasteiger charge is -2.08. The Balaban J connectivity index is 2.55. The van der Waals surface area contributed by atoms with Crippen LogP contribution >= 0.6 is 0 Å². The summed E-state index contributed by atoms with van der Waals surface area (Å²) in [6.07, 6.45) is -3.15. The van der Waals surface area contributed by atoms with Crippen LogP contribution in [0.15, 0.2) is 47.4 Å². The van der Waals surface area contributed by atoms with Crippen molar-refractivity contribution in [3.8, 4) is 5.82 Å². The Bertz CT molecular complexity index is 590. The predicted octanol–water partition coefficient (Wildman–Crippen LogP) is 2.25. The second-order valence-electron chi connectivity index (χ2n) is 3.29. The second-order valence-corrected chi connectivity index (χ2v) is 3.29. The molecule has 2 rings (SSSR count). The van der Waals surface area contributed by atoms with E-state index in [4.69, 9.17) is 0 Å². The molecule has 0 saturated heterocycles. The van der Waals surface area contributed by atoms with E-state index in [0.29, 0.717) is 0 Å². The number of pyridine rings is 2. The van der Waals surface area contributed by atoms with Crippen LogP contribution in [0.4, 0.5) is 13.2 Å². The molecule has 0 aliphatic rings. The van der Waals surface area contributed by atoms with Gasteiger partial charge in [0, 0.05) is 12.3 Å². The van der Waals surface area contributed by atoms with Crippen LogP contribution in [0.25, 0.3) is 5.82 Å². The van der Waals surface area contributed by atoms with Crippen LogP contribution in [-0.4, -0.2) is 9.55 Å². The average Bonchev–Trinajstić information content (AvgIpc) is 2.29. The zero-order valence-electron chi connectivity index (χ0n) is 8.48. The van der Waals surface area contributed by atoms with E-state index in [1.54, 1.807) is 6.07 Å². The van der Waals surface area contributed by atoms with E-state index >= 15 is 0 Å². The van der Waals surface area contributed by atoms with Gasteiger partial charge in [0.25, 0.3) is 5.56 Å². The summed E-state index contributed by atoms with van der Waals surface area (Å²) in [7, 11) is 0. The van der Waals surface area contributed by atoms with Gasteiger partial charge in [-0.2, -0.15) is 13.2 Å². The minimum atomic E-state index is -4.52. The molecule has 17 heavy (non-hydrogen) atoms. The fourth-order valence-corrected chi connectivity index (χ4v) is 1.33. The van der Waals surface area contributed by atoms with Gasteiger partial charge in [0.1, 0.15) is 11.5 Å². The Morgan fingerprint density at radius 3 is 2.47 bits per heavy atom. The lowest BCUT2D eigenvalue weighted by atomic mass is 10.3. The summed E-state index contributed by atoms with van der Waals surface area (Å²) in [5.74, 6) is -0.0505. The Labute approximate surface area is 94.2 Å². The van der Waals surface area contributed by atoms with Gasteiger partial charge in [-0.25, -0.2) is 4.98 Å². The molecule has 0 fully saturated rings. The summed E-state index contributed by atoms with van der Waals surface area (Å²) in [5, 5.41) is 0. The molecule has 6 heteroatoms. The van der Waals surface area contributed by atoms with Gasteiger partial charge in [-0.15, -0.1) is 0 Å². The molecule has 0 unspecified atom stereocenters. The molecule has 0 bridgehead atoms. The van der Waals surface area contributed by atoms with Crippen molar-refractivity contribution < 1.29 is 13.2 Å². The summed E-state index contributed by atoms with van der Waals surface area (Å²) < 4.78 is 38.4. The molecule has 2 heterocycles. The Kier molecular flexibility index (Phi) is 2.71. The highest BCUT2D eigenvalue weighted by Crippen LogP contribution is 2.27. The maximum Gasteiger partial charge on any atom is 0.433 e. The SMILES string of the molecule is O=c1ccccn1-c1cccc(C(F)(F)F)n1. The van der Waals surface area contributed by atoms with E-state index in [1.807, 2.05) is 0 Å². The van der Waals surface area contributed by atoms with Crippen LogP contribution < -0.4 is 5.56 Å². The largest absolute Gasteiger partial charge is 0.433 e. The molecule has 0 saturated carbocycles. The highest BCUT2D eigenvalue weighted by Gasteiger charge is 2.32. The Morgan fingerprint density at radius 1 is 1.06 bits per heavy atom. The van der Waals surface area contributed by atoms with Crippen LogP contribution in [0.5, 0.6) is 0 Å². The number of hydrogen-bond donors (Lipinski definition) is 0. The van der Waals surface area contributed by atoms with Crippen LogP contribution in [-0.2, 0) is 6.18 Å². The van der Waals surface area contributed by atoms with Gasteiger partial charge in [0.2, 0.25) is 0 Å². The first-order chi connectivity index (χ1) is 7.98. The topological polar surface area (TPSA) is 34.9 Å². The number of rotatable bonds is 1. The van der Waals surface area contributed by atoms with E-state index in [9.17, 15) is 18.0 Å². The lowest BCUT2D eigenvalue weighted by Crippen LogP contribution is -2.18. The first-order valence-corrected chi connectivity index (χ1v) is 4.71. The van der Waals surface area contributed by atoms with E-state index < -0.39 is 17.4 Å². The van der Waals surface area contributed by atoms with Crippen molar-refractivity contribution in [1.29, 1.82) is 0 Å². The lowest BCUT2D eigenvalue weighted by molar-refractivity contribution is -0.141. The fraction of sp³-hybridized carbons (Fsp3) is 0.0909. The van der Waals surface area contributed by atoms with Crippen molar-refractivity contribution in [2.24, 2.45) is 0 Å². The summed E-state index contributed by atoms with van der Waals surface area (Å²) in [4.78, 5) is 14.8. The molecule has 2 aromatic rings. The van der Waals surface area contributed by atoms with Gasteiger partial charge < -0.3 is 0 Å². The molecule has 0 radical (unpaired) electrons. The average molecular weight is 240 g/mol. The molecule has 2 aromatic heterocycles. The third-order valence-corrected chi connectivity index (χ3v) is 2.09. The normalized spacial score (nSPS) is 11.5. The fourth-order valence-electron chi connectivity index (χ4n) is 1.33. The number of hydrogen-bond acceptors (Lipinski definition) is 2. The van der Waals surface area contributed by atoms with Crippen LogP contribution in [0.3, 0.4) is 0 Å². The minimum absolute atomic E-state index is 0.0505. The van der Waals surface area contributed by atoms with Crippen molar-refractivity contribution >= 4 is 0 Å². The first-order valence-electron chi connectivity index (χ1n) is 4.71. The maximum atomic E-state index is 12.4. The minimum Gasteiger partial charge on any atom is -0.269 e. The van der Waals surface area contributed by atoms with Gasteiger partial charge >= 0.3 is 6.18 Å². The molecular formula is C11H7F3N2O. The smallest absolute Gasteiger partial charge is 0.269 e. The van der Waals surface area contributed by atoms with E-state index in [-0.39, 0.29) is 5.82 Å².